The van der Waals surface area contributed by atoms with Gasteiger partial charge in [-0.1, -0.05) is 0 Å². The number of carbonyl (C=O) groups excluding carboxylic acids is 1. The third-order valence-electron chi connectivity index (χ3n) is 2.30. The van der Waals surface area contributed by atoms with Crippen LogP contribution in [-0.2, 0) is 9.59 Å². The van der Waals surface area contributed by atoms with E-state index in [0.717, 1.165) is 19.5 Å². The van der Waals surface area contributed by atoms with E-state index in [0.29, 0.717) is 13.0 Å². The minimum atomic E-state index is -0.818. The van der Waals surface area contributed by atoms with Crippen molar-refractivity contribution in [1.82, 2.24) is 10.6 Å². The average molecular weight is 200 g/mol. The maximum atomic E-state index is 11.4. The van der Waals surface area contributed by atoms with E-state index in [1.165, 1.54) is 0 Å². The molecule has 0 aromatic carbocycles. The molecule has 1 rings (SSSR count). The third kappa shape index (κ3) is 3.74. The summed E-state index contributed by atoms with van der Waals surface area (Å²) in [5.74, 6) is -0.706. The Morgan fingerprint density at radius 2 is 2.29 bits per heavy atom. The Kier molecular flexibility index (Phi) is 4.39. The minimum Gasteiger partial charge on any atom is -0.481 e. The van der Waals surface area contributed by atoms with E-state index in [9.17, 15) is 9.59 Å². The van der Waals surface area contributed by atoms with Gasteiger partial charge in [0, 0.05) is 19.5 Å². The van der Waals surface area contributed by atoms with Gasteiger partial charge < -0.3 is 15.7 Å². The molecular formula is C9H16N2O3. The van der Waals surface area contributed by atoms with Gasteiger partial charge in [-0.2, -0.15) is 0 Å². The number of carboxylic acid groups (broad SMARTS) is 1. The van der Waals surface area contributed by atoms with Crippen LogP contribution in [0.4, 0.5) is 0 Å². The fourth-order valence-electron chi connectivity index (χ4n) is 1.47. The van der Waals surface area contributed by atoms with Gasteiger partial charge in [0.2, 0.25) is 5.91 Å². The summed E-state index contributed by atoms with van der Waals surface area (Å²) in [5, 5.41) is 14.2. The van der Waals surface area contributed by atoms with E-state index in [4.69, 9.17) is 5.11 Å². The molecule has 3 N–H and O–H groups in total. The van der Waals surface area contributed by atoms with E-state index in [-0.39, 0.29) is 18.2 Å². The molecule has 0 aromatic rings. The Morgan fingerprint density at radius 1 is 1.50 bits per heavy atom. The molecule has 1 unspecified atom stereocenters. The molecular weight excluding hydrogens is 184 g/mol. The second-order valence-corrected chi connectivity index (χ2v) is 3.48. The van der Waals surface area contributed by atoms with Gasteiger partial charge in [-0.15, -0.1) is 0 Å². The zero-order valence-electron chi connectivity index (χ0n) is 8.08. The molecule has 80 valence electrons. The maximum absolute atomic E-state index is 11.4. The van der Waals surface area contributed by atoms with Crippen LogP contribution in [0.3, 0.4) is 0 Å². The Morgan fingerprint density at radius 3 is 2.86 bits per heavy atom. The van der Waals surface area contributed by atoms with E-state index in [1.807, 2.05) is 0 Å². The van der Waals surface area contributed by atoms with Crippen molar-refractivity contribution in [3.05, 3.63) is 0 Å². The van der Waals surface area contributed by atoms with E-state index < -0.39 is 5.97 Å². The molecule has 14 heavy (non-hydrogen) atoms. The quantitative estimate of drug-likeness (QED) is 0.526. The first kappa shape index (κ1) is 11.0. The smallest absolute Gasteiger partial charge is 0.303 e. The largest absolute Gasteiger partial charge is 0.481 e. The highest BCUT2D eigenvalue weighted by molar-refractivity contribution is 5.79. The summed E-state index contributed by atoms with van der Waals surface area (Å²) < 4.78 is 0. The summed E-state index contributed by atoms with van der Waals surface area (Å²) in [6.07, 6.45) is 1.50. The number of nitrogens with one attached hydrogen (secondary N) is 2. The van der Waals surface area contributed by atoms with Crippen LogP contribution in [0.25, 0.3) is 0 Å². The standard InChI is InChI=1S/C9H16N2O3/c12-8(13)2-1-4-11-9(14)7-3-5-10-6-7/h7,10H,1-6H2,(H,11,14)(H,12,13). The van der Waals surface area contributed by atoms with Gasteiger partial charge in [-0.25, -0.2) is 0 Å². The van der Waals surface area contributed by atoms with E-state index >= 15 is 0 Å². The van der Waals surface area contributed by atoms with Gasteiger partial charge in [-0.05, 0) is 19.4 Å². The summed E-state index contributed by atoms with van der Waals surface area (Å²) in [4.78, 5) is 21.6. The van der Waals surface area contributed by atoms with Crippen LogP contribution < -0.4 is 10.6 Å². The Bertz CT molecular complexity index is 212. The molecule has 5 nitrogen and oxygen atoms in total. The lowest BCUT2D eigenvalue weighted by atomic mass is 10.1. The second-order valence-electron chi connectivity index (χ2n) is 3.48. The van der Waals surface area contributed by atoms with Crippen molar-refractivity contribution in [3.8, 4) is 0 Å². The van der Waals surface area contributed by atoms with Gasteiger partial charge in [-0.3, -0.25) is 9.59 Å². The van der Waals surface area contributed by atoms with Gasteiger partial charge in [0.05, 0.1) is 5.92 Å². The number of carbonyl (C=O) groups is 2. The molecule has 1 heterocycles. The lowest BCUT2D eigenvalue weighted by Gasteiger charge is -2.08. The molecule has 5 heteroatoms. The summed E-state index contributed by atoms with van der Waals surface area (Å²) in [5.41, 5.74) is 0. The molecule has 1 amide bonds. The van der Waals surface area contributed by atoms with Crippen LogP contribution in [-0.4, -0.2) is 36.6 Å². The highest BCUT2D eigenvalue weighted by Crippen LogP contribution is 2.06. The predicted octanol–water partition coefficient (Wildman–Crippen LogP) is -0.423. The minimum absolute atomic E-state index is 0.0420. The molecule has 0 spiro atoms. The van der Waals surface area contributed by atoms with Crippen LogP contribution in [0.2, 0.25) is 0 Å². The summed E-state index contributed by atoms with van der Waals surface area (Å²) in [6.45, 7) is 2.10. The summed E-state index contributed by atoms with van der Waals surface area (Å²) in [6, 6.07) is 0. The third-order valence-corrected chi connectivity index (χ3v) is 2.30. The Balaban J connectivity index is 2.05. The molecule has 1 aliphatic rings. The van der Waals surface area contributed by atoms with Crippen molar-refractivity contribution in [2.75, 3.05) is 19.6 Å². The molecule has 0 saturated carbocycles. The van der Waals surface area contributed by atoms with E-state index in [2.05, 4.69) is 10.6 Å². The number of hydrogen-bond donors (Lipinski definition) is 3. The molecule has 0 aliphatic carbocycles. The van der Waals surface area contributed by atoms with Crippen LogP contribution in [0.5, 0.6) is 0 Å². The van der Waals surface area contributed by atoms with E-state index in [1.54, 1.807) is 0 Å². The molecule has 0 radical (unpaired) electrons. The summed E-state index contributed by atoms with van der Waals surface area (Å²) >= 11 is 0. The molecule has 0 bridgehead atoms. The fraction of sp³-hybridized carbons (Fsp3) is 0.778. The number of amides is 1. The first-order valence-electron chi connectivity index (χ1n) is 4.90. The molecule has 1 fully saturated rings. The molecule has 1 atom stereocenters. The van der Waals surface area contributed by atoms with Gasteiger partial charge >= 0.3 is 5.97 Å². The van der Waals surface area contributed by atoms with Crippen molar-refractivity contribution < 1.29 is 14.7 Å². The normalized spacial score (nSPS) is 20.7. The zero-order chi connectivity index (χ0) is 10.4. The van der Waals surface area contributed by atoms with Crippen molar-refractivity contribution in [1.29, 1.82) is 0 Å². The van der Waals surface area contributed by atoms with Crippen LogP contribution in [0.15, 0.2) is 0 Å². The van der Waals surface area contributed by atoms with Gasteiger partial charge in [0.1, 0.15) is 0 Å². The van der Waals surface area contributed by atoms with Gasteiger partial charge in [0.25, 0.3) is 0 Å². The van der Waals surface area contributed by atoms with Crippen LogP contribution in [0, 0.1) is 5.92 Å². The predicted molar refractivity (Wildman–Crippen MR) is 50.9 cm³/mol. The lowest BCUT2D eigenvalue weighted by molar-refractivity contribution is -0.137. The van der Waals surface area contributed by atoms with Crippen molar-refractivity contribution in [2.45, 2.75) is 19.3 Å². The maximum Gasteiger partial charge on any atom is 0.303 e. The second kappa shape index (κ2) is 5.59. The number of rotatable bonds is 5. The van der Waals surface area contributed by atoms with Crippen molar-refractivity contribution >= 4 is 11.9 Å². The average Bonchev–Trinajstić information content (AvgIpc) is 2.64. The van der Waals surface area contributed by atoms with Crippen molar-refractivity contribution in [3.63, 3.8) is 0 Å². The van der Waals surface area contributed by atoms with Gasteiger partial charge in [0.15, 0.2) is 0 Å². The highest BCUT2D eigenvalue weighted by Gasteiger charge is 2.21. The van der Waals surface area contributed by atoms with Crippen LogP contribution in [0.1, 0.15) is 19.3 Å². The highest BCUT2D eigenvalue weighted by atomic mass is 16.4. The van der Waals surface area contributed by atoms with Crippen LogP contribution >= 0.6 is 0 Å². The number of carboxylic acids is 1. The molecule has 1 aliphatic heterocycles. The first-order valence-corrected chi connectivity index (χ1v) is 4.90. The monoisotopic (exact) mass is 200 g/mol. The van der Waals surface area contributed by atoms with Crippen molar-refractivity contribution in [2.24, 2.45) is 5.92 Å². The topological polar surface area (TPSA) is 78.4 Å². The molecule has 1 saturated heterocycles. The zero-order valence-corrected chi connectivity index (χ0v) is 8.08. The fourth-order valence-corrected chi connectivity index (χ4v) is 1.47. The SMILES string of the molecule is O=C(O)CCCNC(=O)C1CCNC1. The number of hydrogen-bond acceptors (Lipinski definition) is 3. The summed E-state index contributed by atoms with van der Waals surface area (Å²) in [7, 11) is 0. The number of aliphatic carboxylic acids is 1. The Labute approximate surface area is 82.9 Å². The molecule has 0 aromatic heterocycles. The lowest BCUT2D eigenvalue weighted by Crippen LogP contribution is -2.32. The Hall–Kier alpha value is -1.10. The first-order chi connectivity index (χ1) is 6.70.